The van der Waals surface area contributed by atoms with Crippen LogP contribution in [0.2, 0.25) is 0 Å². The molecule has 0 fully saturated rings. The van der Waals surface area contributed by atoms with Crippen molar-refractivity contribution in [1.82, 2.24) is 9.99 Å². The number of carbonyl (C=O) groups is 1. The molecular weight excluding hydrogens is 400 g/mol. The molecule has 0 aliphatic rings. The smallest absolute Gasteiger partial charge is 0.269 e. The topological polar surface area (TPSA) is 89.5 Å². The molecule has 7 nitrogen and oxygen atoms in total. The molecule has 0 radical (unpaired) electrons. The fraction of sp³-hybridized carbons (Fsp3) is 0.182. The molecule has 0 atom stereocenters. The van der Waals surface area contributed by atoms with Crippen molar-refractivity contribution < 1.29 is 9.72 Å². The highest BCUT2D eigenvalue weighted by molar-refractivity contribution is 7.99. The van der Waals surface area contributed by atoms with E-state index in [-0.39, 0.29) is 17.3 Å². The summed E-state index contributed by atoms with van der Waals surface area (Å²) >= 11 is 1.42. The summed E-state index contributed by atoms with van der Waals surface area (Å²) in [4.78, 5) is 22.2. The molecule has 1 amide bonds. The summed E-state index contributed by atoms with van der Waals surface area (Å²) in [5, 5.41) is 14.7. The fourth-order valence-electron chi connectivity index (χ4n) is 3.07. The molecule has 0 saturated heterocycles. The van der Waals surface area contributed by atoms with Gasteiger partial charge in [-0.05, 0) is 37.6 Å². The van der Waals surface area contributed by atoms with Crippen LogP contribution in [0.25, 0.3) is 5.69 Å². The fourth-order valence-corrected chi connectivity index (χ4v) is 3.85. The SMILES string of the molecule is Cc1cc(/C=N/NC(=O)CSCc2ccc([N+](=O)[O-])cc2)c(C)n1-c1ccccc1. The second-order valence-electron chi connectivity index (χ2n) is 6.71. The maximum Gasteiger partial charge on any atom is 0.269 e. The predicted octanol–water partition coefficient (Wildman–Crippen LogP) is 4.39. The first kappa shape index (κ1) is 21.3. The van der Waals surface area contributed by atoms with Crippen LogP contribution in [0.5, 0.6) is 0 Å². The summed E-state index contributed by atoms with van der Waals surface area (Å²) in [5.74, 6) is 0.639. The lowest BCUT2D eigenvalue weighted by molar-refractivity contribution is -0.384. The number of para-hydroxylation sites is 1. The van der Waals surface area contributed by atoms with Crippen LogP contribution in [0.3, 0.4) is 0 Å². The Bertz CT molecular complexity index is 1060. The van der Waals surface area contributed by atoms with E-state index in [1.165, 1.54) is 23.9 Å². The Balaban J connectivity index is 1.51. The van der Waals surface area contributed by atoms with Gasteiger partial charge in [-0.15, -0.1) is 11.8 Å². The molecule has 0 bridgehead atoms. The van der Waals surface area contributed by atoms with E-state index in [4.69, 9.17) is 0 Å². The number of thioether (sulfide) groups is 1. The van der Waals surface area contributed by atoms with Crippen molar-refractivity contribution in [2.45, 2.75) is 19.6 Å². The van der Waals surface area contributed by atoms with E-state index in [0.29, 0.717) is 5.75 Å². The van der Waals surface area contributed by atoms with Crippen molar-refractivity contribution in [1.29, 1.82) is 0 Å². The lowest BCUT2D eigenvalue weighted by atomic mass is 10.2. The standard InChI is InChI=1S/C22H22N4O3S/c1-16-12-19(17(2)25(16)20-6-4-3-5-7-20)13-23-24-22(27)15-30-14-18-8-10-21(11-9-18)26(28)29/h3-13H,14-15H2,1-2H3,(H,24,27)/b23-13+. The summed E-state index contributed by atoms with van der Waals surface area (Å²) in [6.45, 7) is 4.05. The number of nitro benzene ring substituents is 1. The molecule has 3 rings (SSSR count). The molecule has 0 unspecified atom stereocenters. The molecule has 0 aliphatic carbocycles. The van der Waals surface area contributed by atoms with Crippen LogP contribution >= 0.6 is 11.8 Å². The summed E-state index contributed by atoms with van der Waals surface area (Å²) in [6.07, 6.45) is 1.65. The maximum absolute atomic E-state index is 12.0. The molecule has 8 heteroatoms. The number of nitro groups is 1. The van der Waals surface area contributed by atoms with Crippen LogP contribution in [-0.4, -0.2) is 27.4 Å². The number of amides is 1. The van der Waals surface area contributed by atoms with Gasteiger partial charge in [-0.2, -0.15) is 5.10 Å². The van der Waals surface area contributed by atoms with Crippen molar-refractivity contribution in [3.8, 4) is 5.69 Å². The molecule has 0 spiro atoms. The first-order valence-corrected chi connectivity index (χ1v) is 10.5. The Kier molecular flexibility index (Phi) is 7.03. The van der Waals surface area contributed by atoms with E-state index >= 15 is 0 Å². The Labute approximate surface area is 179 Å². The molecular formula is C22H22N4O3S. The molecule has 1 N–H and O–H groups in total. The third-order valence-electron chi connectivity index (χ3n) is 4.53. The Hall–Kier alpha value is -3.39. The number of benzene rings is 2. The van der Waals surface area contributed by atoms with Gasteiger partial charge in [0.15, 0.2) is 0 Å². The van der Waals surface area contributed by atoms with Crippen LogP contribution in [-0.2, 0) is 10.5 Å². The lowest BCUT2D eigenvalue weighted by Gasteiger charge is -2.08. The number of non-ortho nitro benzene ring substituents is 1. The largest absolute Gasteiger partial charge is 0.318 e. The average molecular weight is 423 g/mol. The molecule has 30 heavy (non-hydrogen) atoms. The van der Waals surface area contributed by atoms with E-state index in [1.807, 2.05) is 50.2 Å². The van der Waals surface area contributed by atoms with Gasteiger partial charge < -0.3 is 4.57 Å². The van der Waals surface area contributed by atoms with Gasteiger partial charge in [0.2, 0.25) is 5.91 Å². The third kappa shape index (κ3) is 5.36. The highest BCUT2D eigenvalue weighted by Crippen LogP contribution is 2.19. The van der Waals surface area contributed by atoms with E-state index in [2.05, 4.69) is 15.1 Å². The molecule has 154 valence electrons. The van der Waals surface area contributed by atoms with Gasteiger partial charge in [-0.3, -0.25) is 14.9 Å². The van der Waals surface area contributed by atoms with E-state index in [1.54, 1.807) is 18.3 Å². The highest BCUT2D eigenvalue weighted by atomic mass is 32.2. The Morgan fingerprint density at radius 1 is 1.17 bits per heavy atom. The molecule has 1 heterocycles. The van der Waals surface area contributed by atoms with Crippen LogP contribution < -0.4 is 5.43 Å². The monoisotopic (exact) mass is 422 g/mol. The maximum atomic E-state index is 12.0. The summed E-state index contributed by atoms with van der Waals surface area (Å²) in [7, 11) is 0. The van der Waals surface area contributed by atoms with Crippen molar-refractivity contribution >= 4 is 29.6 Å². The predicted molar refractivity (Wildman–Crippen MR) is 120 cm³/mol. The summed E-state index contributed by atoms with van der Waals surface area (Å²) in [5.41, 5.74) is 7.69. The number of carbonyl (C=O) groups excluding carboxylic acids is 1. The highest BCUT2D eigenvalue weighted by Gasteiger charge is 2.09. The van der Waals surface area contributed by atoms with Gasteiger partial charge in [0, 0.05) is 40.5 Å². The van der Waals surface area contributed by atoms with Crippen molar-refractivity contribution in [3.05, 3.63) is 93.3 Å². The molecule has 0 saturated carbocycles. The summed E-state index contributed by atoms with van der Waals surface area (Å²) < 4.78 is 2.14. The van der Waals surface area contributed by atoms with Gasteiger partial charge >= 0.3 is 0 Å². The minimum Gasteiger partial charge on any atom is -0.318 e. The minimum atomic E-state index is -0.431. The second-order valence-corrected chi connectivity index (χ2v) is 7.69. The van der Waals surface area contributed by atoms with Crippen LogP contribution in [0.15, 0.2) is 65.8 Å². The van der Waals surface area contributed by atoms with Gasteiger partial charge in [0.1, 0.15) is 0 Å². The number of hydrazone groups is 1. The molecule has 0 aliphatic heterocycles. The average Bonchev–Trinajstić information content (AvgIpc) is 3.02. The van der Waals surface area contributed by atoms with Crippen molar-refractivity contribution in [2.75, 3.05) is 5.75 Å². The Morgan fingerprint density at radius 2 is 1.87 bits per heavy atom. The van der Waals surface area contributed by atoms with Gasteiger partial charge in [-0.25, -0.2) is 5.43 Å². The van der Waals surface area contributed by atoms with Gasteiger partial charge in [0.05, 0.1) is 16.9 Å². The first-order chi connectivity index (χ1) is 14.5. The van der Waals surface area contributed by atoms with Crippen LogP contribution in [0.4, 0.5) is 5.69 Å². The summed E-state index contributed by atoms with van der Waals surface area (Å²) in [6, 6.07) is 18.4. The third-order valence-corrected chi connectivity index (χ3v) is 5.53. The second kappa shape index (κ2) is 9.89. The number of aromatic nitrogens is 1. The quantitative estimate of drug-likeness (QED) is 0.331. The van der Waals surface area contributed by atoms with E-state index < -0.39 is 4.92 Å². The van der Waals surface area contributed by atoms with E-state index in [0.717, 1.165) is 28.2 Å². The minimum absolute atomic E-state index is 0.0578. The number of rotatable bonds is 8. The molecule has 2 aromatic carbocycles. The van der Waals surface area contributed by atoms with E-state index in [9.17, 15) is 14.9 Å². The zero-order valence-corrected chi connectivity index (χ0v) is 17.6. The number of aryl methyl sites for hydroxylation is 1. The molecule has 1 aromatic heterocycles. The number of nitrogens with zero attached hydrogens (tertiary/aromatic N) is 3. The zero-order chi connectivity index (χ0) is 21.5. The van der Waals surface area contributed by atoms with Crippen molar-refractivity contribution in [3.63, 3.8) is 0 Å². The Morgan fingerprint density at radius 3 is 2.53 bits per heavy atom. The number of hydrogen-bond donors (Lipinski definition) is 1. The first-order valence-electron chi connectivity index (χ1n) is 9.33. The molecule has 3 aromatic rings. The lowest BCUT2D eigenvalue weighted by Crippen LogP contribution is -2.19. The van der Waals surface area contributed by atoms with Crippen LogP contribution in [0, 0.1) is 24.0 Å². The van der Waals surface area contributed by atoms with Gasteiger partial charge in [0.25, 0.3) is 5.69 Å². The van der Waals surface area contributed by atoms with Crippen molar-refractivity contribution in [2.24, 2.45) is 5.10 Å². The van der Waals surface area contributed by atoms with Crippen LogP contribution in [0.1, 0.15) is 22.5 Å². The number of hydrogen-bond acceptors (Lipinski definition) is 5. The normalized spacial score (nSPS) is 11.0. The zero-order valence-electron chi connectivity index (χ0n) is 16.7. The number of nitrogens with one attached hydrogen (secondary N) is 1. The van der Waals surface area contributed by atoms with Gasteiger partial charge in [-0.1, -0.05) is 30.3 Å².